The number of hydrogen-bond acceptors (Lipinski definition) is 3. The number of ketones is 1. The summed E-state index contributed by atoms with van der Waals surface area (Å²) in [6.07, 6.45) is 1.07. The minimum absolute atomic E-state index is 0.228. The maximum absolute atomic E-state index is 11.5. The van der Waals surface area contributed by atoms with Gasteiger partial charge in [-0.05, 0) is 18.3 Å². The van der Waals surface area contributed by atoms with Crippen molar-refractivity contribution in [2.24, 2.45) is 29.6 Å². The van der Waals surface area contributed by atoms with Crippen LogP contribution in [-0.2, 0) is 14.3 Å². The molecule has 4 rings (SSSR count). The van der Waals surface area contributed by atoms with Crippen molar-refractivity contribution >= 4 is 11.8 Å². The third-order valence-electron chi connectivity index (χ3n) is 3.94. The van der Waals surface area contributed by atoms with Gasteiger partial charge in [0, 0.05) is 24.7 Å². The van der Waals surface area contributed by atoms with Crippen LogP contribution in [0.5, 0.6) is 0 Å². The molecule has 0 radical (unpaired) electrons. The molecule has 0 aliphatic heterocycles. The Morgan fingerprint density at radius 2 is 2.38 bits per heavy atom. The molecule has 0 aromatic carbocycles. The molecule has 4 aliphatic rings. The van der Waals surface area contributed by atoms with E-state index in [-0.39, 0.29) is 11.9 Å². The minimum Gasteiger partial charge on any atom is -0.466 e. The topological polar surface area (TPSA) is 43.4 Å². The number of carbonyl (C=O) groups excluding carboxylic acids is 2. The predicted molar refractivity (Wildman–Crippen MR) is 43.7 cm³/mol. The summed E-state index contributed by atoms with van der Waals surface area (Å²) in [6.45, 7) is 1.90. The van der Waals surface area contributed by atoms with E-state index >= 15 is 0 Å². The molecule has 0 N–H and O–H groups in total. The molecule has 5 unspecified atom stereocenters. The Labute approximate surface area is 76.4 Å². The lowest BCUT2D eigenvalue weighted by atomic mass is 9.99. The summed E-state index contributed by atoms with van der Waals surface area (Å²) in [5.74, 6) is 2.44. The van der Waals surface area contributed by atoms with Crippen LogP contribution < -0.4 is 0 Å². The average molecular weight is 180 g/mol. The average Bonchev–Trinajstić information content (AvgIpc) is 2.36. The zero-order chi connectivity index (χ0) is 9.16. The molecule has 0 spiro atoms. The summed E-state index contributed by atoms with van der Waals surface area (Å²) >= 11 is 0. The zero-order valence-corrected chi connectivity index (χ0v) is 7.53. The summed E-state index contributed by atoms with van der Waals surface area (Å²) in [6, 6.07) is 0. The van der Waals surface area contributed by atoms with E-state index in [1.807, 2.05) is 0 Å². The van der Waals surface area contributed by atoms with Gasteiger partial charge in [-0.25, -0.2) is 0 Å². The van der Waals surface area contributed by atoms with Crippen molar-refractivity contribution in [1.82, 2.24) is 0 Å². The van der Waals surface area contributed by atoms with Gasteiger partial charge in [0.15, 0.2) is 0 Å². The first-order chi connectivity index (χ1) is 6.20. The van der Waals surface area contributed by atoms with Gasteiger partial charge in [-0.1, -0.05) is 0 Å². The molecule has 3 nitrogen and oxygen atoms in total. The predicted octanol–water partition coefficient (Wildman–Crippen LogP) is 0.631. The second-order valence-corrected chi connectivity index (χ2v) is 4.48. The molecular formula is C10H12O3. The molecule has 4 aliphatic carbocycles. The Bertz CT molecular complexity index is 297. The summed E-state index contributed by atoms with van der Waals surface area (Å²) in [7, 11) is 0. The largest absolute Gasteiger partial charge is 0.466 e. The lowest BCUT2D eigenvalue weighted by molar-refractivity contribution is -0.143. The number of esters is 1. The summed E-state index contributed by atoms with van der Waals surface area (Å²) in [5, 5.41) is 0. The van der Waals surface area contributed by atoms with Crippen molar-refractivity contribution in [3.63, 3.8) is 0 Å². The van der Waals surface area contributed by atoms with Crippen LogP contribution >= 0.6 is 0 Å². The van der Waals surface area contributed by atoms with Gasteiger partial charge >= 0.3 is 5.97 Å². The molecule has 5 atom stereocenters. The Kier molecular flexibility index (Phi) is 1.24. The molecule has 0 heterocycles. The fraction of sp³-hybridized carbons (Fsp3) is 0.800. The fourth-order valence-electron chi connectivity index (χ4n) is 3.44. The van der Waals surface area contributed by atoms with E-state index in [0.29, 0.717) is 36.1 Å². The van der Waals surface area contributed by atoms with E-state index in [4.69, 9.17) is 4.74 Å². The maximum atomic E-state index is 11.5. The van der Waals surface area contributed by atoms with Crippen LogP contribution in [0.1, 0.15) is 13.3 Å². The van der Waals surface area contributed by atoms with Gasteiger partial charge < -0.3 is 4.74 Å². The quantitative estimate of drug-likeness (QED) is 0.585. The third kappa shape index (κ3) is 0.798. The van der Waals surface area contributed by atoms with E-state index in [1.165, 1.54) is 6.92 Å². The lowest BCUT2D eigenvalue weighted by Gasteiger charge is -2.12. The third-order valence-corrected chi connectivity index (χ3v) is 3.94. The van der Waals surface area contributed by atoms with Crippen molar-refractivity contribution in [3.05, 3.63) is 0 Å². The molecule has 4 bridgehead atoms. The number of carbonyl (C=O) groups is 2. The Morgan fingerprint density at radius 1 is 1.62 bits per heavy atom. The summed E-state index contributed by atoms with van der Waals surface area (Å²) in [4.78, 5) is 22.1. The number of ether oxygens (including phenoxy) is 1. The van der Waals surface area contributed by atoms with Crippen LogP contribution in [0.15, 0.2) is 0 Å². The Morgan fingerprint density at radius 3 is 2.77 bits per heavy atom. The maximum Gasteiger partial charge on any atom is 0.302 e. The van der Waals surface area contributed by atoms with Crippen LogP contribution in [0.4, 0.5) is 0 Å². The molecule has 3 heteroatoms. The second-order valence-electron chi connectivity index (χ2n) is 4.48. The monoisotopic (exact) mass is 180 g/mol. The molecule has 0 amide bonds. The van der Waals surface area contributed by atoms with E-state index in [0.717, 1.165) is 6.42 Å². The van der Waals surface area contributed by atoms with E-state index in [1.54, 1.807) is 0 Å². The van der Waals surface area contributed by atoms with Crippen molar-refractivity contribution in [1.29, 1.82) is 0 Å². The smallest absolute Gasteiger partial charge is 0.302 e. The van der Waals surface area contributed by atoms with Gasteiger partial charge in [-0.15, -0.1) is 0 Å². The van der Waals surface area contributed by atoms with Crippen LogP contribution in [0.3, 0.4) is 0 Å². The molecule has 13 heavy (non-hydrogen) atoms. The van der Waals surface area contributed by atoms with Crippen molar-refractivity contribution in [3.8, 4) is 0 Å². The fourth-order valence-corrected chi connectivity index (χ4v) is 3.44. The van der Waals surface area contributed by atoms with E-state index in [9.17, 15) is 9.59 Å². The van der Waals surface area contributed by atoms with Crippen molar-refractivity contribution < 1.29 is 14.3 Å². The SMILES string of the molecule is CC(=O)OCC1C2CC3C(C2=O)C13. The molecule has 0 saturated heterocycles. The molecular weight excluding hydrogens is 168 g/mol. The Balaban J connectivity index is 1.69. The highest BCUT2D eigenvalue weighted by molar-refractivity contribution is 5.93. The van der Waals surface area contributed by atoms with Crippen LogP contribution in [-0.4, -0.2) is 18.4 Å². The van der Waals surface area contributed by atoms with Crippen LogP contribution in [0.2, 0.25) is 0 Å². The normalized spacial score (nSPS) is 49.6. The zero-order valence-electron chi connectivity index (χ0n) is 7.53. The highest BCUT2D eigenvalue weighted by Crippen LogP contribution is 2.71. The lowest BCUT2D eigenvalue weighted by Crippen LogP contribution is -2.18. The van der Waals surface area contributed by atoms with Crippen LogP contribution in [0.25, 0.3) is 0 Å². The highest BCUT2D eigenvalue weighted by atomic mass is 16.5. The summed E-state index contributed by atoms with van der Waals surface area (Å²) in [5.41, 5.74) is 0. The molecule has 4 fully saturated rings. The Hall–Kier alpha value is -0.860. The standard InChI is InChI=1S/C10H12O3/c1-4(11)13-3-7-5-2-6-8(7)9(6)10(5)12/h5-9H,2-3H2,1H3. The van der Waals surface area contributed by atoms with Crippen molar-refractivity contribution in [2.75, 3.05) is 6.61 Å². The second kappa shape index (κ2) is 2.14. The van der Waals surface area contributed by atoms with Gasteiger partial charge in [-0.2, -0.15) is 0 Å². The van der Waals surface area contributed by atoms with Crippen molar-refractivity contribution in [2.45, 2.75) is 13.3 Å². The van der Waals surface area contributed by atoms with E-state index < -0.39 is 0 Å². The number of hydrogen-bond donors (Lipinski definition) is 0. The summed E-state index contributed by atoms with van der Waals surface area (Å²) < 4.78 is 4.98. The molecule has 70 valence electrons. The highest BCUT2D eigenvalue weighted by Gasteiger charge is 2.73. The first kappa shape index (κ1) is 7.54. The minimum atomic E-state index is -0.228. The van der Waals surface area contributed by atoms with Gasteiger partial charge in [0.1, 0.15) is 5.78 Å². The molecule has 0 aromatic rings. The molecule has 0 aromatic heterocycles. The van der Waals surface area contributed by atoms with Gasteiger partial charge in [-0.3, -0.25) is 9.59 Å². The molecule has 4 saturated carbocycles. The van der Waals surface area contributed by atoms with Gasteiger partial charge in [0.2, 0.25) is 0 Å². The number of Topliss-reactive ketones (excluding diaryl/α,β-unsaturated/α-hetero) is 1. The van der Waals surface area contributed by atoms with Gasteiger partial charge in [0.05, 0.1) is 6.61 Å². The van der Waals surface area contributed by atoms with Crippen LogP contribution in [0, 0.1) is 29.6 Å². The van der Waals surface area contributed by atoms with Gasteiger partial charge in [0.25, 0.3) is 0 Å². The first-order valence-corrected chi connectivity index (χ1v) is 4.87. The van der Waals surface area contributed by atoms with E-state index in [2.05, 4.69) is 0 Å². The number of rotatable bonds is 2. The first-order valence-electron chi connectivity index (χ1n) is 4.87.